The van der Waals surface area contributed by atoms with Crippen molar-refractivity contribution in [2.45, 2.75) is 31.2 Å². The number of methoxy groups -OCH3 is 1. The normalized spacial score (nSPS) is 28.8. The van der Waals surface area contributed by atoms with Gasteiger partial charge in [0, 0.05) is 19.0 Å². The Morgan fingerprint density at radius 3 is 2.75 bits per heavy atom. The molecule has 4 heteroatoms. The molecule has 3 rings (SSSR count). The van der Waals surface area contributed by atoms with Crippen LogP contribution in [0.3, 0.4) is 0 Å². The molecule has 2 aliphatic heterocycles. The first-order chi connectivity index (χ1) is 9.68. The first-order valence-corrected chi connectivity index (χ1v) is 7.33. The molecule has 2 saturated heterocycles. The Balaban J connectivity index is 1.73. The van der Waals surface area contributed by atoms with Gasteiger partial charge in [0.05, 0.1) is 12.6 Å². The van der Waals surface area contributed by atoms with Crippen molar-refractivity contribution in [3.05, 3.63) is 29.8 Å². The molecule has 1 aromatic rings. The highest BCUT2D eigenvalue weighted by Crippen LogP contribution is 2.42. The highest BCUT2D eigenvalue weighted by molar-refractivity contribution is 5.83. The third kappa shape index (κ3) is 2.08. The minimum atomic E-state index is -0.0474. The lowest BCUT2D eigenvalue weighted by atomic mass is 9.87. The van der Waals surface area contributed by atoms with Gasteiger partial charge in [0.2, 0.25) is 5.91 Å². The molecule has 1 amide bonds. The van der Waals surface area contributed by atoms with Crippen molar-refractivity contribution in [2.24, 2.45) is 11.7 Å². The van der Waals surface area contributed by atoms with E-state index in [9.17, 15) is 4.79 Å². The van der Waals surface area contributed by atoms with Gasteiger partial charge in [0.25, 0.3) is 0 Å². The summed E-state index contributed by atoms with van der Waals surface area (Å²) in [6.45, 7) is 1.48. The molecular formula is C16H22N2O2. The number of hydrogen-bond donors (Lipinski definition) is 1. The highest BCUT2D eigenvalue weighted by Gasteiger charge is 2.51. The Bertz CT molecular complexity index is 500. The van der Waals surface area contributed by atoms with E-state index in [1.165, 1.54) is 5.56 Å². The van der Waals surface area contributed by atoms with E-state index in [4.69, 9.17) is 10.5 Å². The number of benzene rings is 1. The molecule has 2 heterocycles. The SMILES string of the molecule is COc1ccc(C[C@H]2C[C@@]3(CN)CCCN3C2=O)cc1. The lowest BCUT2D eigenvalue weighted by Crippen LogP contribution is -2.46. The van der Waals surface area contributed by atoms with E-state index >= 15 is 0 Å². The molecule has 2 aliphatic rings. The number of nitrogens with two attached hydrogens (primary N) is 1. The van der Waals surface area contributed by atoms with Crippen LogP contribution in [0.2, 0.25) is 0 Å². The smallest absolute Gasteiger partial charge is 0.226 e. The zero-order valence-electron chi connectivity index (χ0n) is 12.0. The maximum absolute atomic E-state index is 12.5. The monoisotopic (exact) mass is 274 g/mol. The molecule has 2 N–H and O–H groups in total. The van der Waals surface area contributed by atoms with Crippen molar-refractivity contribution in [3.8, 4) is 5.75 Å². The van der Waals surface area contributed by atoms with Gasteiger partial charge in [0.1, 0.15) is 5.75 Å². The molecule has 0 saturated carbocycles. The number of carbonyl (C=O) groups is 1. The first-order valence-electron chi connectivity index (χ1n) is 7.33. The molecule has 108 valence electrons. The number of rotatable bonds is 4. The van der Waals surface area contributed by atoms with E-state index < -0.39 is 0 Å². The molecule has 0 bridgehead atoms. The predicted octanol–water partition coefficient (Wildman–Crippen LogP) is 1.58. The van der Waals surface area contributed by atoms with Crippen molar-refractivity contribution in [3.63, 3.8) is 0 Å². The van der Waals surface area contributed by atoms with Gasteiger partial charge < -0.3 is 15.4 Å². The Morgan fingerprint density at radius 1 is 1.40 bits per heavy atom. The number of carbonyl (C=O) groups excluding carboxylic acids is 1. The molecular weight excluding hydrogens is 252 g/mol. The molecule has 0 unspecified atom stereocenters. The lowest BCUT2D eigenvalue weighted by molar-refractivity contribution is -0.132. The molecule has 0 aliphatic carbocycles. The number of amides is 1. The van der Waals surface area contributed by atoms with Crippen molar-refractivity contribution in [2.75, 3.05) is 20.2 Å². The average Bonchev–Trinajstić information content (AvgIpc) is 3.00. The quantitative estimate of drug-likeness (QED) is 0.907. The molecule has 0 aromatic heterocycles. The van der Waals surface area contributed by atoms with Gasteiger partial charge >= 0.3 is 0 Å². The Hall–Kier alpha value is -1.55. The van der Waals surface area contributed by atoms with Crippen molar-refractivity contribution < 1.29 is 9.53 Å². The maximum Gasteiger partial charge on any atom is 0.226 e. The summed E-state index contributed by atoms with van der Waals surface area (Å²) < 4.78 is 5.16. The summed E-state index contributed by atoms with van der Waals surface area (Å²) in [5, 5.41) is 0. The summed E-state index contributed by atoms with van der Waals surface area (Å²) in [7, 11) is 1.66. The van der Waals surface area contributed by atoms with Gasteiger partial charge in [-0.05, 0) is 43.4 Å². The molecule has 2 fully saturated rings. The third-order valence-electron chi connectivity index (χ3n) is 4.86. The van der Waals surface area contributed by atoms with Crippen LogP contribution in [0.4, 0.5) is 0 Å². The molecule has 20 heavy (non-hydrogen) atoms. The van der Waals surface area contributed by atoms with Gasteiger partial charge in [-0.25, -0.2) is 0 Å². The van der Waals surface area contributed by atoms with Gasteiger partial charge in [-0.2, -0.15) is 0 Å². The fraction of sp³-hybridized carbons (Fsp3) is 0.562. The van der Waals surface area contributed by atoms with E-state index in [2.05, 4.69) is 0 Å². The number of fused-ring (bicyclic) bond motifs is 1. The largest absolute Gasteiger partial charge is 0.497 e. The summed E-state index contributed by atoms with van der Waals surface area (Å²) >= 11 is 0. The second-order valence-corrected chi connectivity index (χ2v) is 5.98. The highest BCUT2D eigenvalue weighted by atomic mass is 16.5. The fourth-order valence-corrected chi connectivity index (χ4v) is 3.76. The fourth-order valence-electron chi connectivity index (χ4n) is 3.76. The summed E-state index contributed by atoms with van der Waals surface area (Å²) in [6, 6.07) is 8.00. The van der Waals surface area contributed by atoms with Crippen LogP contribution in [0, 0.1) is 5.92 Å². The number of hydrogen-bond acceptors (Lipinski definition) is 3. The lowest BCUT2D eigenvalue weighted by Gasteiger charge is -2.30. The standard InChI is InChI=1S/C16H22N2O2/c1-20-14-5-3-12(4-6-14)9-13-10-16(11-17)7-2-8-18(16)15(13)19/h3-6,13H,2,7-11,17H2,1H3/t13-,16+/m0/s1. The molecule has 2 atom stereocenters. The Kier molecular flexibility index (Phi) is 3.42. The van der Waals surface area contributed by atoms with Crippen LogP contribution in [0.15, 0.2) is 24.3 Å². The molecule has 4 nitrogen and oxygen atoms in total. The van der Waals surface area contributed by atoms with E-state index in [-0.39, 0.29) is 11.5 Å². The van der Waals surface area contributed by atoms with Gasteiger partial charge in [-0.1, -0.05) is 12.1 Å². The minimum absolute atomic E-state index is 0.0474. The molecule has 0 radical (unpaired) electrons. The van der Waals surface area contributed by atoms with Crippen molar-refractivity contribution in [1.82, 2.24) is 4.90 Å². The molecule has 0 spiro atoms. The van der Waals surface area contributed by atoms with E-state index in [1.807, 2.05) is 29.2 Å². The van der Waals surface area contributed by atoms with Crippen LogP contribution in [-0.4, -0.2) is 36.5 Å². The second kappa shape index (κ2) is 5.09. The summed E-state index contributed by atoms with van der Waals surface area (Å²) in [6.07, 6.45) is 3.88. The van der Waals surface area contributed by atoms with Gasteiger partial charge in [0.15, 0.2) is 0 Å². The topological polar surface area (TPSA) is 55.6 Å². The van der Waals surface area contributed by atoms with Gasteiger partial charge in [-0.15, -0.1) is 0 Å². The van der Waals surface area contributed by atoms with Crippen LogP contribution in [0.5, 0.6) is 5.75 Å². The maximum atomic E-state index is 12.5. The van der Waals surface area contributed by atoms with Crippen LogP contribution < -0.4 is 10.5 Å². The van der Waals surface area contributed by atoms with E-state index in [0.29, 0.717) is 12.5 Å². The van der Waals surface area contributed by atoms with Crippen molar-refractivity contribution in [1.29, 1.82) is 0 Å². The molecule has 1 aromatic carbocycles. The minimum Gasteiger partial charge on any atom is -0.497 e. The summed E-state index contributed by atoms with van der Waals surface area (Å²) in [4.78, 5) is 14.6. The number of nitrogens with zero attached hydrogens (tertiary/aromatic N) is 1. The Labute approximate surface area is 119 Å². The Morgan fingerprint density at radius 2 is 2.15 bits per heavy atom. The second-order valence-electron chi connectivity index (χ2n) is 5.98. The third-order valence-corrected chi connectivity index (χ3v) is 4.86. The summed E-state index contributed by atoms with van der Waals surface area (Å²) in [5.41, 5.74) is 7.10. The predicted molar refractivity (Wildman–Crippen MR) is 77.5 cm³/mol. The van der Waals surface area contributed by atoms with Crippen LogP contribution >= 0.6 is 0 Å². The van der Waals surface area contributed by atoms with Crippen LogP contribution in [-0.2, 0) is 11.2 Å². The zero-order valence-corrected chi connectivity index (χ0v) is 12.0. The average molecular weight is 274 g/mol. The zero-order chi connectivity index (χ0) is 14.2. The summed E-state index contributed by atoms with van der Waals surface area (Å²) in [5.74, 6) is 1.24. The van der Waals surface area contributed by atoms with Crippen LogP contribution in [0.25, 0.3) is 0 Å². The van der Waals surface area contributed by atoms with Crippen molar-refractivity contribution >= 4 is 5.91 Å². The van der Waals surface area contributed by atoms with E-state index in [1.54, 1.807) is 7.11 Å². The number of ether oxygens (including phenoxy) is 1. The van der Waals surface area contributed by atoms with Gasteiger partial charge in [-0.3, -0.25) is 4.79 Å². The van der Waals surface area contributed by atoms with Crippen LogP contribution in [0.1, 0.15) is 24.8 Å². The first kappa shape index (κ1) is 13.4. The van der Waals surface area contributed by atoms with E-state index in [0.717, 1.165) is 38.0 Å².